The molecule has 0 fully saturated rings. The zero-order valence-corrected chi connectivity index (χ0v) is 15.1. The second-order valence-electron chi connectivity index (χ2n) is 5.97. The molecule has 0 aliphatic rings. The van der Waals surface area contributed by atoms with Gasteiger partial charge in [-0.05, 0) is 24.3 Å². The van der Waals surface area contributed by atoms with E-state index in [1.54, 1.807) is 48.5 Å². The quantitative estimate of drug-likeness (QED) is 0.506. The first-order valence-corrected chi connectivity index (χ1v) is 8.53. The van der Waals surface area contributed by atoms with Crippen molar-refractivity contribution in [1.29, 1.82) is 0 Å². The number of hydrogen-bond acceptors (Lipinski definition) is 5. The van der Waals surface area contributed by atoms with Gasteiger partial charge in [0.1, 0.15) is 5.56 Å². The van der Waals surface area contributed by atoms with Gasteiger partial charge in [0.05, 0.1) is 12.2 Å². The van der Waals surface area contributed by atoms with Gasteiger partial charge in [-0.2, -0.15) is 0 Å². The smallest absolute Gasteiger partial charge is 0.339 e. The average molecular weight is 391 g/mol. The third-order valence-corrected chi connectivity index (χ3v) is 3.92. The first-order valence-electron chi connectivity index (χ1n) is 8.53. The maximum absolute atomic E-state index is 11.7. The van der Waals surface area contributed by atoms with Crippen LogP contribution in [0.15, 0.2) is 60.8 Å². The maximum atomic E-state index is 11.7. The number of carbonyl (C=O) groups is 3. The topological polar surface area (TPSA) is 147 Å². The summed E-state index contributed by atoms with van der Waals surface area (Å²) in [6.07, 6.45) is 1.28. The summed E-state index contributed by atoms with van der Waals surface area (Å²) in [4.78, 5) is 42.5. The van der Waals surface area contributed by atoms with E-state index in [4.69, 9.17) is 5.73 Å². The highest BCUT2D eigenvalue weighted by molar-refractivity contribution is 5.95. The molecule has 2 aromatic carbocycles. The number of aromatic carboxylic acids is 1. The Morgan fingerprint density at radius 1 is 0.966 bits per heavy atom. The van der Waals surface area contributed by atoms with Gasteiger partial charge in [0.2, 0.25) is 5.91 Å². The van der Waals surface area contributed by atoms with Gasteiger partial charge in [-0.3, -0.25) is 4.79 Å². The van der Waals surface area contributed by atoms with Crippen molar-refractivity contribution in [2.75, 3.05) is 11.9 Å². The Labute approximate surface area is 165 Å². The molecule has 0 spiro atoms. The van der Waals surface area contributed by atoms with Crippen LogP contribution in [0.5, 0.6) is 0 Å². The lowest BCUT2D eigenvalue weighted by Crippen LogP contribution is -2.36. The van der Waals surface area contributed by atoms with Crippen LogP contribution in [-0.2, 0) is 4.79 Å². The van der Waals surface area contributed by atoms with Gasteiger partial charge in [-0.15, -0.1) is 0 Å². The Morgan fingerprint density at radius 3 is 2.28 bits per heavy atom. The number of nitrogens with one attached hydrogen (secondary N) is 2. The van der Waals surface area contributed by atoms with Crippen LogP contribution in [0.25, 0.3) is 22.6 Å². The highest BCUT2D eigenvalue weighted by Gasteiger charge is 2.16. The lowest BCUT2D eigenvalue weighted by atomic mass is 10.1. The lowest BCUT2D eigenvalue weighted by molar-refractivity contribution is -0.115. The molecule has 0 atom stereocenters. The Morgan fingerprint density at radius 2 is 1.66 bits per heavy atom. The van der Waals surface area contributed by atoms with Crippen LogP contribution in [0.3, 0.4) is 0 Å². The largest absolute Gasteiger partial charge is 0.478 e. The summed E-state index contributed by atoms with van der Waals surface area (Å²) in [5.41, 5.74) is 7.07. The van der Waals surface area contributed by atoms with Crippen molar-refractivity contribution in [2.24, 2.45) is 5.73 Å². The zero-order chi connectivity index (χ0) is 20.8. The number of urea groups is 1. The normalized spacial score (nSPS) is 10.2. The van der Waals surface area contributed by atoms with E-state index in [0.717, 1.165) is 0 Å². The molecule has 1 heterocycles. The number of rotatable bonds is 6. The van der Waals surface area contributed by atoms with Crippen LogP contribution in [0.2, 0.25) is 0 Å². The SMILES string of the molecule is NC(=O)NCC(=O)Nc1ccc(-c2ncc(C(=O)O)c(-c3ccccc3)n2)cc1. The number of carboxylic acids is 1. The number of primary amides is 1. The van der Waals surface area contributed by atoms with Crippen molar-refractivity contribution in [3.63, 3.8) is 0 Å². The first kappa shape index (κ1) is 19.5. The molecule has 9 heteroatoms. The van der Waals surface area contributed by atoms with Crippen LogP contribution in [0, 0.1) is 0 Å². The second kappa shape index (κ2) is 8.61. The molecule has 3 rings (SSSR count). The van der Waals surface area contributed by atoms with Gasteiger partial charge < -0.3 is 21.5 Å². The fraction of sp³-hybridized carbons (Fsp3) is 0.0500. The summed E-state index contributed by atoms with van der Waals surface area (Å²) >= 11 is 0. The number of benzene rings is 2. The van der Waals surface area contributed by atoms with Crippen LogP contribution < -0.4 is 16.4 Å². The van der Waals surface area contributed by atoms with Gasteiger partial charge in [0.15, 0.2) is 5.82 Å². The number of nitrogens with zero attached hydrogens (tertiary/aromatic N) is 2. The van der Waals surface area contributed by atoms with E-state index in [0.29, 0.717) is 28.3 Å². The molecular formula is C20H17N5O4. The predicted octanol–water partition coefficient (Wildman–Crippen LogP) is 2.12. The highest BCUT2D eigenvalue weighted by Crippen LogP contribution is 2.25. The molecule has 9 nitrogen and oxygen atoms in total. The minimum atomic E-state index is -1.11. The van der Waals surface area contributed by atoms with Gasteiger partial charge in [0, 0.05) is 23.0 Å². The fourth-order valence-corrected chi connectivity index (χ4v) is 2.57. The number of anilines is 1. The molecular weight excluding hydrogens is 374 g/mol. The van der Waals surface area contributed by atoms with Crippen molar-refractivity contribution in [3.8, 4) is 22.6 Å². The Balaban J connectivity index is 1.84. The summed E-state index contributed by atoms with van der Waals surface area (Å²) in [6, 6.07) is 14.9. The summed E-state index contributed by atoms with van der Waals surface area (Å²) in [6.45, 7) is -0.239. The molecule has 0 aliphatic carbocycles. The Hall–Kier alpha value is -4.27. The first-order chi connectivity index (χ1) is 13.9. The second-order valence-corrected chi connectivity index (χ2v) is 5.97. The van der Waals surface area contributed by atoms with Crippen molar-refractivity contribution in [3.05, 3.63) is 66.4 Å². The number of carboxylic acid groups (broad SMARTS) is 1. The third-order valence-electron chi connectivity index (χ3n) is 3.92. The molecule has 0 aliphatic heterocycles. The number of carbonyl (C=O) groups excluding carboxylic acids is 2. The maximum Gasteiger partial charge on any atom is 0.339 e. The molecule has 0 radical (unpaired) electrons. The lowest BCUT2D eigenvalue weighted by Gasteiger charge is -2.09. The molecule has 0 saturated carbocycles. The van der Waals surface area contributed by atoms with E-state index in [1.807, 2.05) is 6.07 Å². The average Bonchev–Trinajstić information content (AvgIpc) is 2.73. The minimum absolute atomic E-state index is 0.00536. The van der Waals surface area contributed by atoms with Crippen LogP contribution in [0.4, 0.5) is 10.5 Å². The zero-order valence-electron chi connectivity index (χ0n) is 15.1. The molecule has 0 unspecified atom stereocenters. The van der Waals surface area contributed by atoms with Crippen molar-refractivity contribution in [2.45, 2.75) is 0 Å². The van der Waals surface area contributed by atoms with Crippen LogP contribution >= 0.6 is 0 Å². The Kier molecular flexibility index (Phi) is 5.79. The number of hydrogen-bond donors (Lipinski definition) is 4. The van der Waals surface area contributed by atoms with E-state index in [-0.39, 0.29) is 12.1 Å². The van der Waals surface area contributed by atoms with E-state index in [2.05, 4.69) is 20.6 Å². The summed E-state index contributed by atoms with van der Waals surface area (Å²) in [5, 5.41) is 14.2. The number of nitrogens with two attached hydrogens (primary N) is 1. The molecule has 29 heavy (non-hydrogen) atoms. The molecule has 0 saturated heterocycles. The molecule has 1 aromatic heterocycles. The monoisotopic (exact) mass is 391 g/mol. The molecule has 5 N–H and O–H groups in total. The summed E-state index contributed by atoms with van der Waals surface area (Å²) < 4.78 is 0. The predicted molar refractivity (Wildman–Crippen MR) is 106 cm³/mol. The van der Waals surface area contributed by atoms with Gasteiger partial charge in [0.25, 0.3) is 0 Å². The standard InChI is InChI=1S/C20H17N5O4/c21-20(29)23-11-16(26)24-14-8-6-13(7-9-14)18-22-10-15(19(27)28)17(25-18)12-4-2-1-3-5-12/h1-10H,11H2,(H,24,26)(H,27,28)(H3,21,23,29). The summed E-state index contributed by atoms with van der Waals surface area (Å²) in [5.74, 6) is -1.19. The molecule has 146 valence electrons. The molecule has 0 bridgehead atoms. The van der Waals surface area contributed by atoms with Crippen molar-refractivity contribution in [1.82, 2.24) is 15.3 Å². The number of aromatic nitrogens is 2. The van der Waals surface area contributed by atoms with Gasteiger partial charge >= 0.3 is 12.0 Å². The van der Waals surface area contributed by atoms with Gasteiger partial charge in [-0.1, -0.05) is 30.3 Å². The van der Waals surface area contributed by atoms with E-state index >= 15 is 0 Å². The fourth-order valence-electron chi connectivity index (χ4n) is 2.57. The number of amides is 3. The minimum Gasteiger partial charge on any atom is -0.478 e. The summed E-state index contributed by atoms with van der Waals surface area (Å²) in [7, 11) is 0. The van der Waals surface area contributed by atoms with Crippen LogP contribution in [-0.4, -0.2) is 39.5 Å². The van der Waals surface area contributed by atoms with Crippen molar-refractivity contribution >= 4 is 23.6 Å². The van der Waals surface area contributed by atoms with E-state index < -0.39 is 17.9 Å². The molecule has 3 amide bonds. The Bertz CT molecular complexity index is 1050. The van der Waals surface area contributed by atoms with E-state index in [9.17, 15) is 19.5 Å². The van der Waals surface area contributed by atoms with Crippen LogP contribution in [0.1, 0.15) is 10.4 Å². The highest BCUT2D eigenvalue weighted by atomic mass is 16.4. The third kappa shape index (κ3) is 4.92. The van der Waals surface area contributed by atoms with E-state index in [1.165, 1.54) is 6.20 Å². The van der Waals surface area contributed by atoms with Crippen molar-refractivity contribution < 1.29 is 19.5 Å². The molecule has 3 aromatic rings. The van der Waals surface area contributed by atoms with Gasteiger partial charge in [-0.25, -0.2) is 19.6 Å².